The van der Waals surface area contributed by atoms with Crippen molar-refractivity contribution in [1.29, 1.82) is 0 Å². The van der Waals surface area contributed by atoms with E-state index in [9.17, 15) is 4.79 Å². The van der Waals surface area contributed by atoms with Crippen molar-refractivity contribution in [3.05, 3.63) is 22.4 Å². The lowest BCUT2D eigenvalue weighted by atomic mass is 9.98. The molecule has 1 aliphatic heterocycles. The van der Waals surface area contributed by atoms with E-state index in [0.29, 0.717) is 5.91 Å². The third-order valence-corrected chi connectivity index (χ3v) is 5.67. The molecular weight excluding hydrogens is 282 g/mol. The van der Waals surface area contributed by atoms with E-state index >= 15 is 0 Å². The summed E-state index contributed by atoms with van der Waals surface area (Å²) in [5.74, 6) is 0.320. The molecule has 1 N–H and O–H groups in total. The molecule has 1 saturated heterocycles. The number of nitrogens with one attached hydrogen (secondary N) is 1. The number of thiophene rings is 1. The molecule has 3 rings (SSSR count). The van der Waals surface area contributed by atoms with Gasteiger partial charge in [0.1, 0.15) is 6.17 Å². The molecule has 1 aliphatic carbocycles. The number of nitrogens with zero attached hydrogens (tertiary/aromatic N) is 2. The Balaban J connectivity index is 1.80. The zero-order valence-corrected chi connectivity index (χ0v) is 13.8. The first-order chi connectivity index (χ1) is 10.2. The zero-order valence-electron chi connectivity index (χ0n) is 13.0. The van der Waals surface area contributed by atoms with E-state index in [4.69, 9.17) is 0 Å². The molecule has 1 atom stereocenters. The normalized spacial score (nSPS) is 24.6. The predicted molar refractivity (Wildman–Crippen MR) is 86.3 cm³/mol. The van der Waals surface area contributed by atoms with Gasteiger partial charge in [0.25, 0.3) is 0 Å². The first-order valence-electron chi connectivity index (χ1n) is 7.96. The van der Waals surface area contributed by atoms with Crippen LogP contribution in [0.4, 0.5) is 0 Å². The lowest BCUT2D eigenvalue weighted by Crippen LogP contribution is -2.44. The predicted octanol–water partition coefficient (Wildman–Crippen LogP) is 2.44. The van der Waals surface area contributed by atoms with Gasteiger partial charge in [-0.25, -0.2) is 0 Å². The molecule has 1 amide bonds. The molecular formula is C16H25N3OS. The fourth-order valence-electron chi connectivity index (χ4n) is 3.49. The zero-order chi connectivity index (χ0) is 14.9. The minimum Gasteiger partial charge on any atom is -0.320 e. The largest absolute Gasteiger partial charge is 0.320 e. The third kappa shape index (κ3) is 2.74. The number of rotatable bonds is 5. The summed E-state index contributed by atoms with van der Waals surface area (Å²) in [6.07, 6.45) is 4.38. The Morgan fingerprint density at radius 3 is 2.86 bits per heavy atom. The molecule has 2 fully saturated rings. The van der Waals surface area contributed by atoms with Gasteiger partial charge in [0, 0.05) is 13.1 Å². The molecule has 5 heteroatoms. The summed E-state index contributed by atoms with van der Waals surface area (Å²) >= 11 is 1.70. The molecule has 2 heterocycles. The van der Waals surface area contributed by atoms with Crippen molar-refractivity contribution < 1.29 is 4.79 Å². The number of carbonyl (C=O) groups excluding carboxylic acids is 1. The third-order valence-electron chi connectivity index (χ3n) is 4.97. The van der Waals surface area contributed by atoms with Crippen molar-refractivity contribution in [3.63, 3.8) is 0 Å². The van der Waals surface area contributed by atoms with E-state index < -0.39 is 0 Å². The second kappa shape index (κ2) is 6.07. The van der Waals surface area contributed by atoms with Gasteiger partial charge in [-0.1, -0.05) is 19.8 Å². The molecule has 1 spiro atoms. The molecule has 4 nitrogen and oxygen atoms in total. The molecule has 1 unspecified atom stereocenters. The van der Waals surface area contributed by atoms with E-state index in [1.807, 2.05) is 0 Å². The van der Waals surface area contributed by atoms with Gasteiger partial charge in [0.2, 0.25) is 5.91 Å². The second-order valence-corrected chi connectivity index (χ2v) is 7.07. The summed E-state index contributed by atoms with van der Waals surface area (Å²) in [6, 6.07) is 2.14. The van der Waals surface area contributed by atoms with Gasteiger partial charge in [-0.2, -0.15) is 11.3 Å². The monoisotopic (exact) mass is 307 g/mol. The van der Waals surface area contributed by atoms with Crippen molar-refractivity contribution >= 4 is 17.2 Å². The molecule has 1 saturated carbocycles. The van der Waals surface area contributed by atoms with E-state index in [2.05, 4.69) is 45.9 Å². The Morgan fingerprint density at radius 2 is 2.24 bits per heavy atom. The maximum Gasteiger partial charge on any atom is 0.244 e. The Morgan fingerprint density at radius 1 is 1.48 bits per heavy atom. The maximum absolute atomic E-state index is 13.0. The molecule has 21 heavy (non-hydrogen) atoms. The van der Waals surface area contributed by atoms with Crippen LogP contribution in [0.15, 0.2) is 16.8 Å². The average molecular weight is 307 g/mol. The Kier molecular flexibility index (Phi) is 4.33. The number of hydrogen-bond acceptors (Lipinski definition) is 4. The Labute approximate surface area is 131 Å². The molecule has 0 aromatic carbocycles. The summed E-state index contributed by atoms with van der Waals surface area (Å²) in [6.45, 7) is 4.90. The first kappa shape index (κ1) is 15.0. The van der Waals surface area contributed by atoms with E-state index in [-0.39, 0.29) is 11.7 Å². The van der Waals surface area contributed by atoms with Crippen molar-refractivity contribution in [3.8, 4) is 0 Å². The van der Waals surface area contributed by atoms with Crippen LogP contribution in [0.2, 0.25) is 0 Å². The quantitative estimate of drug-likeness (QED) is 0.907. The topological polar surface area (TPSA) is 35.6 Å². The highest BCUT2D eigenvalue weighted by Gasteiger charge is 2.52. The van der Waals surface area contributed by atoms with Crippen LogP contribution in [0.25, 0.3) is 0 Å². The van der Waals surface area contributed by atoms with Gasteiger partial charge in [-0.3, -0.25) is 10.1 Å². The number of likely N-dealkylation sites (N-methyl/N-ethyl adjacent to an activating group) is 1. The van der Waals surface area contributed by atoms with Crippen LogP contribution in [0.1, 0.15) is 44.3 Å². The number of hydrogen-bond donors (Lipinski definition) is 1. The lowest BCUT2D eigenvalue weighted by molar-refractivity contribution is -0.133. The van der Waals surface area contributed by atoms with Crippen LogP contribution >= 0.6 is 11.3 Å². The summed E-state index contributed by atoms with van der Waals surface area (Å²) in [5, 5.41) is 7.93. The molecule has 2 aliphatic rings. The smallest absolute Gasteiger partial charge is 0.244 e. The summed E-state index contributed by atoms with van der Waals surface area (Å²) in [5.41, 5.74) is 0.952. The minimum atomic E-state index is -0.280. The lowest BCUT2D eigenvalue weighted by Gasteiger charge is -2.26. The molecule has 116 valence electrons. The van der Waals surface area contributed by atoms with Crippen molar-refractivity contribution in [1.82, 2.24) is 15.1 Å². The van der Waals surface area contributed by atoms with E-state index in [0.717, 1.165) is 45.3 Å². The Hall–Kier alpha value is -0.910. The number of carbonyl (C=O) groups is 1. The number of amides is 1. The van der Waals surface area contributed by atoms with Gasteiger partial charge < -0.3 is 9.80 Å². The summed E-state index contributed by atoms with van der Waals surface area (Å²) in [4.78, 5) is 17.3. The van der Waals surface area contributed by atoms with Crippen LogP contribution in [0, 0.1) is 0 Å². The molecule has 1 aromatic rings. The Bertz CT molecular complexity index is 482. The average Bonchev–Trinajstić information content (AvgIpc) is 3.21. The van der Waals surface area contributed by atoms with E-state index in [1.54, 1.807) is 11.3 Å². The SMILES string of the molecule is CCN(C)CCN1C(=O)C2(CCCC2)NC1c1ccsc1. The standard InChI is InChI=1S/C16H25N3OS/c1-3-18(2)9-10-19-14(13-6-11-21-12-13)17-16(15(19)20)7-4-5-8-16/h6,11-12,14,17H,3-5,7-10H2,1-2H3. The van der Waals surface area contributed by atoms with Crippen LogP contribution in [0.3, 0.4) is 0 Å². The van der Waals surface area contributed by atoms with Crippen molar-refractivity contribution in [2.75, 3.05) is 26.7 Å². The van der Waals surface area contributed by atoms with Crippen molar-refractivity contribution in [2.45, 2.75) is 44.3 Å². The molecule has 1 aromatic heterocycles. The van der Waals surface area contributed by atoms with Crippen molar-refractivity contribution in [2.24, 2.45) is 0 Å². The van der Waals surface area contributed by atoms with E-state index in [1.165, 1.54) is 5.56 Å². The fraction of sp³-hybridized carbons (Fsp3) is 0.688. The highest BCUT2D eigenvalue weighted by atomic mass is 32.1. The second-order valence-electron chi connectivity index (χ2n) is 6.29. The summed E-state index contributed by atoms with van der Waals surface area (Å²) in [7, 11) is 2.11. The molecule has 0 radical (unpaired) electrons. The van der Waals surface area contributed by atoms with Gasteiger partial charge in [0.05, 0.1) is 5.54 Å². The summed E-state index contributed by atoms with van der Waals surface area (Å²) < 4.78 is 0. The van der Waals surface area contributed by atoms with Gasteiger partial charge >= 0.3 is 0 Å². The van der Waals surface area contributed by atoms with Gasteiger partial charge in [-0.05, 0) is 48.8 Å². The maximum atomic E-state index is 13.0. The first-order valence-corrected chi connectivity index (χ1v) is 8.90. The molecule has 0 bridgehead atoms. The van der Waals surface area contributed by atoms with Crippen LogP contribution in [0.5, 0.6) is 0 Å². The highest BCUT2D eigenvalue weighted by molar-refractivity contribution is 7.07. The van der Waals surface area contributed by atoms with Crippen LogP contribution in [-0.4, -0.2) is 47.9 Å². The van der Waals surface area contributed by atoms with Crippen LogP contribution in [-0.2, 0) is 4.79 Å². The van der Waals surface area contributed by atoms with Gasteiger partial charge in [-0.15, -0.1) is 0 Å². The van der Waals surface area contributed by atoms with Crippen LogP contribution < -0.4 is 5.32 Å². The van der Waals surface area contributed by atoms with Gasteiger partial charge in [0.15, 0.2) is 0 Å². The highest BCUT2D eigenvalue weighted by Crippen LogP contribution is 2.41. The minimum absolute atomic E-state index is 0.0621. The fourth-order valence-corrected chi connectivity index (χ4v) is 4.17.